The predicted molar refractivity (Wildman–Crippen MR) is 85.7 cm³/mol. The van der Waals surface area contributed by atoms with Gasteiger partial charge in [0, 0.05) is 19.2 Å². The van der Waals surface area contributed by atoms with Crippen LogP contribution in [0.5, 0.6) is 0 Å². The van der Waals surface area contributed by atoms with E-state index in [-0.39, 0.29) is 11.7 Å². The highest BCUT2D eigenvalue weighted by Crippen LogP contribution is 2.24. The summed E-state index contributed by atoms with van der Waals surface area (Å²) in [5.74, 6) is 0.880. The third-order valence-electron chi connectivity index (χ3n) is 3.12. The normalized spacial score (nSPS) is 10.8. The molecule has 2 aromatic heterocycles. The largest absolute Gasteiger partial charge is 0.352 e. The maximum atomic E-state index is 11.6. The van der Waals surface area contributed by atoms with Crippen LogP contribution in [-0.2, 0) is 11.8 Å². The van der Waals surface area contributed by atoms with Crippen molar-refractivity contribution in [3.05, 3.63) is 30.9 Å². The van der Waals surface area contributed by atoms with Gasteiger partial charge in [-0.2, -0.15) is 0 Å². The van der Waals surface area contributed by atoms with Crippen molar-refractivity contribution in [2.45, 2.75) is 5.16 Å². The lowest BCUT2D eigenvalue weighted by atomic mass is 10.2. The molecule has 9 heteroatoms. The first-order chi connectivity index (χ1) is 11.2. The van der Waals surface area contributed by atoms with Gasteiger partial charge in [-0.05, 0) is 28.5 Å². The van der Waals surface area contributed by atoms with Gasteiger partial charge >= 0.3 is 0 Å². The minimum absolute atomic E-state index is 0.0745. The quantitative estimate of drug-likeness (QED) is 0.539. The fourth-order valence-electron chi connectivity index (χ4n) is 1.98. The number of benzene rings is 1. The van der Waals surface area contributed by atoms with Crippen LogP contribution in [0.4, 0.5) is 0 Å². The molecule has 118 valence electrons. The summed E-state index contributed by atoms with van der Waals surface area (Å²) in [6.45, 7) is 4.01. The van der Waals surface area contributed by atoms with E-state index >= 15 is 0 Å². The van der Waals surface area contributed by atoms with Crippen LogP contribution in [0.15, 0.2) is 40.6 Å². The average molecular weight is 330 g/mol. The van der Waals surface area contributed by atoms with Gasteiger partial charge in [-0.15, -0.1) is 16.8 Å². The predicted octanol–water partition coefficient (Wildman–Crippen LogP) is 1.41. The van der Waals surface area contributed by atoms with Crippen molar-refractivity contribution in [2.24, 2.45) is 7.05 Å². The molecule has 0 aliphatic heterocycles. The van der Waals surface area contributed by atoms with E-state index in [1.54, 1.807) is 6.08 Å². The molecule has 0 atom stereocenters. The molecule has 0 spiro atoms. The second kappa shape index (κ2) is 6.61. The van der Waals surface area contributed by atoms with Crippen molar-refractivity contribution >= 4 is 28.7 Å². The zero-order chi connectivity index (χ0) is 16.2. The molecule has 1 N–H and O–H groups in total. The number of fused-ring (bicyclic) bond motifs is 1. The van der Waals surface area contributed by atoms with Crippen molar-refractivity contribution in [1.29, 1.82) is 0 Å². The number of rotatable bonds is 6. The Kier molecular flexibility index (Phi) is 4.38. The monoisotopic (exact) mass is 330 g/mol. The van der Waals surface area contributed by atoms with E-state index in [0.29, 0.717) is 28.6 Å². The van der Waals surface area contributed by atoms with Gasteiger partial charge in [-0.3, -0.25) is 4.79 Å². The molecule has 2 heterocycles. The molecular weight excluding hydrogens is 316 g/mol. The van der Waals surface area contributed by atoms with Gasteiger partial charge in [0.25, 0.3) is 0 Å². The molecule has 23 heavy (non-hydrogen) atoms. The third kappa shape index (κ3) is 3.24. The van der Waals surface area contributed by atoms with Gasteiger partial charge in [0.15, 0.2) is 11.0 Å². The Morgan fingerprint density at radius 3 is 3.04 bits per heavy atom. The minimum atomic E-state index is -0.0745. The molecule has 0 aliphatic carbocycles. The molecule has 0 saturated carbocycles. The number of nitrogens with one attached hydrogen (secondary N) is 1. The second-order valence-electron chi connectivity index (χ2n) is 4.71. The van der Waals surface area contributed by atoms with Crippen LogP contribution in [-0.4, -0.2) is 43.3 Å². The van der Waals surface area contributed by atoms with E-state index in [1.165, 1.54) is 11.8 Å². The minimum Gasteiger partial charge on any atom is -0.352 e. The first-order valence-electron chi connectivity index (χ1n) is 6.81. The van der Waals surface area contributed by atoms with Crippen molar-refractivity contribution in [1.82, 2.24) is 30.4 Å². The summed E-state index contributed by atoms with van der Waals surface area (Å²) in [7, 11) is 1.85. The SMILES string of the molecule is C=CCNC(=O)CSc1nnc(-c2ccc3nonc3c2)n1C. The van der Waals surface area contributed by atoms with Gasteiger partial charge < -0.3 is 9.88 Å². The van der Waals surface area contributed by atoms with Gasteiger partial charge in [0.1, 0.15) is 11.0 Å². The summed E-state index contributed by atoms with van der Waals surface area (Å²) in [6.07, 6.45) is 1.64. The Labute approximate surface area is 135 Å². The van der Waals surface area contributed by atoms with E-state index < -0.39 is 0 Å². The molecule has 1 amide bonds. The van der Waals surface area contributed by atoms with Crippen LogP contribution in [0.3, 0.4) is 0 Å². The van der Waals surface area contributed by atoms with Crippen molar-refractivity contribution in [3.63, 3.8) is 0 Å². The topological polar surface area (TPSA) is 98.7 Å². The molecule has 8 nitrogen and oxygen atoms in total. The van der Waals surface area contributed by atoms with E-state index in [1.807, 2.05) is 29.8 Å². The van der Waals surface area contributed by atoms with Crippen LogP contribution in [0.2, 0.25) is 0 Å². The van der Waals surface area contributed by atoms with E-state index in [0.717, 1.165) is 5.56 Å². The van der Waals surface area contributed by atoms with Gasteiger partial charge in [-0.1, -0.05) is 17.8 Å². The smallest absolute Gasteiger partial charge is 0.230 e. The van der Waals surface area contributed by atoms with E-state index in [2.05, 4.69) is 37.0 Å². The van der Waals surface area contributed by atoms with Gasteiger partial charge in [0.05, 0.1) is 5.75 Å². The lowest BCUT2D eigenvalue weighted by Gasteiger charge is -2.04. The Morgan fingerprint density at radius 2 is 2.22 bits per heavy atom. The molecular formula is C14H14N6O2S. The molecule has 0 unspecified atom stereocenters. The second-order valence-corrected chi connectivity index (χ2v) is 5.66. The molecule has 3 aromatic rings. The highest BCUT2D eigenvalue weighted by Gasteiger charge is 2.14. The molecule has 0 bridgehead atoms. The number of carbonyl (C=O) groups excluding carboxylic acids is 1. The van der Waals surface area contributed by atoms with Gasteiger partial charge in [-0.25, -0.2) is 4.63 Å². The zero-order valence-corrected chi connectivity index (χ0v) is 13.2. The molecule has 1 aromatic carbocycles. The van der Waals surface area contributed by atoms with Crippen LogP contribution in [0, 0.1) is 0 Å². The Balaban J connectivity index is 1.76. The van der Waals surface area contributed by atoms with Crippen molar-refractivity contribution < 1.29 is 9.42 Å². The lowest BCUT2D eigenvalue weighted by Crippen LogP contribution is -2.25. The number of aromatic nitrogens is 5. The van der Waals surface area contributed by atoms with Crippen LogP contribution < -0.4 is 5.32 Å². The van der Waals surface area contributed by atoms with Gasteiger partial charge in [0.2, 0.25) is 5.91 Å². The molecule has 0 fully saturated rings. The molecule has 0 radical (unpaired) electrons. The average Bonchev–Trinajstić information content (AvgIpc) is 3.16. The lowest BCUT2D eigenvalue weighted by molar-refractivity contribution is -0.118. The van der Waals surface area contributed by atoms with Crippen molar-refractivity contribution in [3.8, 4) is 11.4 Å². The first-order valence-corrected chi connectivity index (χ1v) is 7.80. The number of thioether (sulfide) groups is 1. The summed E-state index contributed by atoms with van der Waals surface area (Å²) in [5, 5.41) is 19.3. The fraction of sp³-hybridized carbons (Fsp3) is 0.214. The number of amides is 1. The standard InChI is InChI=1S/C14H14N6O2S/c1-3-6-15-12(21)8-23-14-17-16-13(20(14)2)9-4-5-10-11(7-9)19-22-18-10/h3-5,7H,1,6,8H2,2H3,(H,15,21). The van der Waals surface area contributed by atoms with Crippen LogP contribution >= 0.6 is 11.8 Å². The summed E-state index contributed by atoms with van der Waals surface area (Å²) in [4.78, 5) is 11.6. The Bertz CT molecular complexity index is 856. The summed E-state index contributed by atoms with van der Waals surface area (Å²) < 4.78 is 6.52. The number of hydrogen-bond donors (Lipinski definition) is 1. The van der Waals surface area contributed by atoms with E-state index in [4.69, 9.17) is 0 Å². The fourth-order valence-corrected chi connectivity index (χ4v) is 2.72. The third-order valence-corrected chi connectivity index (χ3v) is 4.14. The van der Waals surface area contributed by atoms with Crippen LogP contribution in [0.25, 0.3) is 22.4 Å². The van der Waals surface area contributed by atoms with Crippen molar-refractivity contribution in [2.75, 3.05) is 12.3 Å². The Hall–Kier alpha value is -2.68. The zero-order valence-electron chi connectivity index (χ0n) is 12.4. The van der Waals surface area contributed by atoms with E-state index in [9.17, 15) is 4.79 Å². The Morgan fingerprint density at radius 1 is 1.39 bits per heavy atom. The summed E-state index contributed by atoms with van der Waals surface area (Å²) in [6, 6.07) is 5.52. The van der Waals surface area contributed by atoms with Crippen LogP contribution in [0.1, 0.15) is 0 Å². The molecule has 0 aliphatic rings. The molecule has 3 rings (SSSR count). The number of hydrogen-bond acceptors (Lipinski definition) is 7. The highest BCUT2D eigenvalue weighted by atomic mass is 32.2. The molecule has 0 saturated heterocycles. The maximum Gasteiger partial charge on any atom is 0.230 e. The highest BCUT2D eigenvalue weighted by molar-refractivity contribution is 7.99. The number of carbonyl (C=O) groups is 1. The summed E-state index contributed by atoms with van der Waals surface area (Å²) >= 11 is 1.32. The number of nitrogens with zero attached hydrogens (tertiary/aromatic N) is 5. The first kappa shape index (κ1) is 15.2. The maximum absolute atomic E-state index is 11.6. The summed E-state index contributed by atoms with van der Waals surface area (Å²) in [5.41, 5.74) is 2.19.